The first-order valence-electron chi connectivity index (χ1n) is 6.02. The molecule has 2 aromatic rings. The largest absolute Gasteiger partial charge is 0.480 e. The number of hydrogen-bond acceptors (Lipinski definition) is 2. The molecule has 0 spiro atoms. The molecule has 0 saturated carbocycles. The molecule has 2 rings (SSSR count). The van der Waals surface area contributed by atoms with Crippen molar-refractivity contribution in [2.75, 3.05) is 11.4 Å². The van der Waals surface area contributed by atoms with Crippen molar-refractivity contribution in [3.05, 3.63) is 64.9 Å². The molecule has 0 heterocycles. The minimum atomic E-state index is -0.976. The zero-order chi connectivity index (χ0) is 14.5. The summed E-state index contributed by atoms with van der Waals surface area (Å²) >= 11 is 5.85. The summed E-state index contributed by atoms with van der Waals surface area (Å²) in [5.41, 5.74) is 1.08. The standard InChI is InChI=1S/C15H13ClFNO2/c16-12-6-7-14(17)11(8-12)9-18(10-15(19)20)13-4-2-1-3-5-13/h1-8H,9-10H2,(H,19,20). The molecule has 0 aliphatic heterocycles. The SMILES string of the molecule is O=C(O)CN(Cc1cc(Cl)ccc1F)c1ccccc1. The summed E-state index contributed by atoms with van der Waals surface area (Å²) < 4.78 is 13.8. The molecule has 0 aromatic heterocycles. The van der Waals surface area contributed by atoms with E-state index in [9.17, 15) is 9.18 Å². The van der Waals surface area contributed by atoms with Gasteiger partial charge in [0.25, 0.3) is 0 Å². The van der Waals surface area contributed by atoms with Crippen LogP contribution in [0.1, 0.15) is 5.56 Å². The number of carboxylic acid groups (broad SMARTS) is 1. The Morgan fingerprint density at radius 3 is 2.55 bits per heavy atom. The molecule has 20 heavy (non-hydrogen) atoms. The maximum absolute atomic E-state index is 13.8. The third-order valence-electron chi connectivity index (χ3n) is 2.82. The van der Waals surface area contributed by atoms with Crippen LogP contribution in [0.4, 0.5) is 10.1 Å². The van der Waals surface area contributed by atoms with Gasteiger partial charge in [0.1, 0.15) is 12.4 Å². The van der Waals surface area contributed by atoms with Gasteiger partial charge in [0, 0.05) is 22.8 Å². The van der Waals surface area contributed by atoms with E-state index in [1.54, 1.807) is 29.2 Å². The van der Waals surface area contributed by atoms with E-state index in [2.05, 4.69) is 0 Å². The summed E-state index contributed by atoms with van der Waals surface area (Å²) in [7, 11) is 0. The highest BCUT2D eigenvalue weighted by Crippen LogP contribution is 2.20. The quantitative estimate of drug-likeness (QED) is 0.916. The molecule has 0 atom stereocenters. The van der Waals surface area contributed by atoms with Crippen molar-refractivity contribution in [2.24, 2.45) is 0 Å². The van der Waals surface area contributed by atoms with Gasteiger partial charge in [-0.15, -0.1) is 0 Å². The van der Waals surface area contributed by atoms with Crippen LogP contribution in [0.3, 0.4) is 0 Å². The number of anilines is 1. The van der Waals surface area contributed by atoms with Gasteiger partial charge in [0.05, 0.1) is 0 Å². The van der Waals surface area contributed by atoms with E-state index in [0.29, 0.717) is 16.3 Å². The topological polar surface area (TPSA) is 40.5 Å². The molecule has 0 bridgehead atoms. The van der Waals surface area contributed by atoms with Gasteiger partial charge in [-0.3, -0.25) is 4.79 Å². The zero-order valence-electron chi connectivity index (χ0n) is 10.6. The number of para-hydroxylation sites is 1. The second-order valence-electron chi connectivity index (χ2n) is 4.32. The Labute approximate surface area is 121 Å². The molecule has 2 aromatic carbocycles. The van der Waals surface area contributed by atoms with E-state index < -0.39 is 11.8 Å². The van der Waals surface area contributed by atoms with Crippen LogP contribution < -0.4 is 4.90 Å². The van der Waals surface area contributed by atoms with Crippen molar-refractivity contribution < 1.29 is 14.3 Å². The van der Waals surface area contributed by atoms with E-state index in [4.69, 9.17) is 16.7 Å². The van der Waals surface area contributed by atoms with Gasteiger partial charge in [-0.2, -0.15) is 0 Å². The fraction of sp³-hybridized carbons (Fsp3) is 0.133. The lowest BCUT2D eigenvalue weighted by atomic mass is 10.2. The first kappa shape index (κ1) is 14.3. The molecule has 0 aliphatic carbocycles. The molecule has 104 valence electrons. The maximum Gasteiger partial charge on any atom is 0.323 e. The molecule has 1 N–H and O–H groups in total. The fourth-order valence-electron chi connectivity index (χ4n) is 1.91. The monoisotopic (exact) mass is 293 g/mol. The Kier molecular flexibility index (Phi) is 4.58. The second-order valence-corrected chi connectivity index (χ2v) is 4.76. The van der Waals surface area contributed by atoms with Crippen molar-refractivity contribution in [1.29, 1.82) is 0 Å². The summed E-state index contributed by atoms with van der Waals surface area (Å²) in [5, 5.41) is 9.41. The molecule has 0 fully saturated rings. The van der Waals surface area contributed by atoms with Crippen LogP contribution in [-0.2, 0) is 11.3 Å². The van der Waals surface area contributed by atoms with Gasteiger partial charge in [0.2, 0.25) is 0 Å². The molecule has 0 amide bonds. The number of carboxylic acids is 1. The number of hydrogen-bond donors (Lipinski definition) is 1. The highest BCUT2D eigenvalue weighted by molar-refractivity contribution is 6.30. The number of benzene rings is 2. The van der Waals surface area contributed by atoms with Crippen molar-refractivity contribution in [1.82, 2.24) is 0 Å². The fourth-order valence-corrected chi connectivity index (χ4v) is 2.11. The second kappa shape index (κ2) is 6.39. The molecule has 5 heteroatoms. The molecule has 0 unspecified atom stereocenters. The molecule has 0 radical (unpaired) electrons. The lowest BCUT2D eigenvalue weighted by molar-refractivity contribution is -0.135. The summed E-state index contributed by atoms with van der Waals surface area (Å²) in [6.45, 7) is -0.0708. The van der Waals surface area contributed by atoms with Crippen LogP contribution in [0.2, 0.25) is 5.02 Å². The zero-order valence-corrected chi connectivity index (χ0v) is 11.3. The van der Waals surface area contributed by atoms with Gasteiger partial charge in [0.15, 0.2) is 0 Å². The minimum absolute atomic E-state index is 0.142. The predicted molar refractivity (Wildman–Crippen MR) is 76.5 cm³/mol. The molecular formula is C15H13ClFNO2. The summed E-state index contributed by atoms with van der Waals surface area (Å²) in [6, 6.07) is 13.3. The Morgan fingerprint density at radius 2 is 1.90 bits per heavy atom. The number of rotatable bonds is 5. The number of aliphatic carboxylic acids is 1. The van der Waals surface area contributed by atoms with Gasteiger partial charge in [-0.05, 0) is 30.3 Å². The Bertz CT molecular complexity index is 604. The van der Waals surface area contributed by atoms with E-state index >= 15 is 0 Å². The normalized spacial score (nSPS) is 10.3. The highest BCUT2D eigenvalue weighted by Gasteiger charge is 2.13. The molecular weight excluding hydrogens is 281 g/mol. The maximum atomic E-state index is 13.8. The molecule has 0 aliphatic rings. The van der Waals surface area contributed by atoms with Crippen LogP contribution in [0.15, 0.2) is 48.5 Å². The van der Waals surface area contributed by atoms with Crippen molar-refractivity contribution in [3.8, 4) is 0 Å². The number of nitrogens with zero attached hydrogens (tertiary/aromatic N) is 1. The average Bonchev–Trinajstić information content (AvgIpc) is 2.42. The molecule has 3 nitrogen and oxygen atoms in total. The van der Waals surface area contributed by atoms with Gasteiger partial charge < -0.3 is 10.0 Å². The average molecular weight is 294 g/mol. The van der Waals surface area contributed by atoms with Gasteiger partial charge in [-0.1, -0.05) is 29.8 Å². The van der Waals surface area contributed by atoms with E-state index in [0.717, 1.165) is 0 Å². The van der Waals surface area contributed by atoms with E-state index in [-0.39, 0.29) is 13.1 Å². The van der Waals surface area contributed by atoms with Crippen molar-refractivity contribution >= 4 is 23.3 Å². The first-order valence-corrected chi connectivity index (χ1v) is 6.40. The van der Waals surface area contributed by atoms with E-state index in [1.807, 2.05) is 6.07 Å². The predicted octanol–water partition coefficient (Wildman–Crippen LogP) is 3.57. The molecule has 0 saturated heterocycles. The minimum Gasteiger partial charge on any atom is -0.480 e. The van der Waals surface area contributed by atoms with Crippen LogP contribution in [0.25, 0.3) is 0 Å². The number of halogens is 2. The van der Waals surface area contributed by atoms with Crippen LogP contribution in [-0.4, -0.2) is 17.6 Å². The highest BCUT2D eigenvalue weighted by atomic mass is 35.5. The smallest absolute Gasteiger partial charge is 0.323 e. The van der Waals surface area contributed by atoms with Crippen LogP contribution in [0, 0.1) is 5.82 Å². The third-order valence-corrected chi connectivity index (χ3v) is 3.05. The Balaban J connectivity index is 2.28. The third kappa shape index (κ3) is 3.71. The van der Waals surface area contributed by atoms with Crippen LogP contribution in [0.5, 0.6) is 0 Å². The van der Waals surface area contributed by atoms with Gasteiger partial charge >= 0.3 is 5.97 Å². The van der Waals surface area contributed by atoms with Gasteiger partial charge in [-0.25, -0.2) is 4.39 Å². The summed E-state index contributed by atoms with van der Waals surface area (Å²) in [4.78, 5) is 12.5. The number of carbonyl (C=O) groups is 1. The lowest BCUT2D eigenvalue weighted by Gasteiger charge is -2.23. The Morgan fingerprint density at radius 1 is 1.20 bits per heavy atom. The summed E-state index contributed by atoms with van der Waals surface area (Å²) in [6.07, 6.45) is 0. The lowest BCUT2D eigenvalue weighted by Crippen LogP contribution is -2.29. The summed E-state index contributed by atoms with van der Waals surface area (Å²) in [5.74, 6) is -1.38. The first-order chi connectivity index (χ1) is 9.56. The Hall–Kier alpha value is -2.07. The van der Waals surface area contributed by atoms with Crippen molar-refractivity contribution in [2.45, 2.75) is 6.54 Å². The van der Waals surface area contributed by atoms with Crippen LogP contribution >= 0.6 is 11.6 Å². The van der Waals surface area contributed by atoms with E-state index in [1.165, 1.54) is 18.2 Å². The van der Waals surface area contributed by atoms with Crippen molar-refractivity contribution in [3.63, 3.8) is 0 Å².